The third-order valence-corrected chi connectivity index (χ3v) is 3.66. The van der Waals surface area contributed by atoms with Gasteiger partial charge in [0.25, 0.3) is 5.56 Å². The smallest absolute Gasteiger partial charge is 0.266 e. The number of halogens is 1. The van der Waals surface area contributed by atoms with Crippen LogP contribution in [0.3, 0.4) is 0 Å². The Labute approximate surface area is 124 Å². The molecule has 100 valence electrons. The van der Waals surface area contributed by atoms with Gasteiger partial charge in [0.05, 0.1) is 13.4 Å². The van der Waals surface area contributed by atoms with E-state index in [-0.39, 0.29) is 5.56 Å². The van der Waals surface area contributed by atoms with Crippen LogP contribution in [0.1, 0.15) is 5.56 Å². The zero-order valence-corrected chi connectivity index (χ0v) is 12.6. The number of anilines is 1. The second kappa shape index (κ2) is 6.55. The van der Waals surface area contributed by atoms with Gasteiger partial charge in [-0.15, -0.1) is 0 Å². The van der Waals surface area contributed by atoms with Crippen molar-refractivity contribution < 1.29 is 4.74 Å². The van der Waals surface area contributed by atoms with Gasteiger partial charge in [-0.25, -0.2) is 4.98 Å². The van der Waals surface area contributed by atoms with Gasteiger partial charge in [0.15, 0.2) is 0 Å². The first kappa shape index (κ1) is 13.9. The Morgan fingerprint density at radius 3 is 2.79 bits per heavy atom. The minimum atomic E-state index is -0.123. The normalized spacial score (nSPS) is 10.2. The van der Waals surface area contributed by atoms with E-state index in [1.807, 2.05) is 46.9 Å². The third-order valence-electron chi connectivity index (χ3n) is 2.66. The van der Waals surface area contributed by atoms with Gasteiger partial charge in [-0.3, -0.25) is 4.79 Å². The summed E-state index contributed by atoms with van der Waals surface area (Å²) < 4.78 is 5.69. The average Bonchev–Trinajstić information content (AvgIpc) is 2.44. The lowest BCUT2D eigenvalue weighted by Crippen LogP contribution is -2.16. The Hall–Kier alpha value is -1.57. The first-order valence-corrected chi connectivity index (χ1v) is 6.88. The molecule has 0 aliphatic carbocycles. The molecule has 0 amide bonds. The van der Waals surface area contributed by atoms with Crippen LogP contribution in [0.2, 0.25) is 0 Å². The summed E-state index contributed by atoms with van der Waals surface area (Å²) in [5.41, 5.74) is 1.08. The summed E-state index contributed by atoms with van der Waals surface area (Å²) in [6, 6.07) is 7.92. The molecule has 2 rings (SSSR count). The molecular formula is C13H14IN3O2. The number of aromatic amines is 1. The average molecular weight is 371 g/mol. The predicted molar refractivity (Wildman–Crippen MR) is 82.8 cm³/mol. The molecule has 0 saturated heterocycles. The lowest BCUT2D eigenvalue weighted by molar-refractivity contribution is 0.414. The predicted octanol–water partition coefficient (Wildman–Crippen LogP) is 2.04. The van der Waals surface area contributed by atoms with Crippen LogP contribution >= 0.6 is 22.6 Å². The quantitative estimate of drug-likeness (QED) is 0.790. The van der Waals surface area contributed by atoms with Crippen LogP contribution < -0.4 is 15.6 Å². The monoisotopic (exact) mass is 371 g/mol. The van der Waals surface area contributed by atoms with Crippen molar-refractivity contribution in [2.45, 2.75) is 6.42 Å². The van der Waals surface area contributed by atoms with Crippen LogP contribution in [0, 0.1) is 3.57 Å². The van der Waals surface area contributed by atoms with Gasteiger partial charge in [0.1, 0.15) is 15.1 Å². The highest BCUT2D eigenvalue weighted by Gasteiger charge is 2.04. The van der Waals surface area contributed by atoms with Crippen molar-refractivity contribution in [1.29, 1.82) is 0 Å². The van der Waals surface area contributed by atoms with Gasteiger partial charge in [0.2, 0.25) is 0 Å². The van der Waals surface area contributed by atoms with Crippen molar-refractivity contribution in [1.82, 2.24) is 9.97 Å². The Balaban J connectivity index is 1.92. The van der Waals surface area contributed by atoms with Crippen LogP contribution in [0.4, 0.5) is 5.82 Å². The second-order valence-corrected chi connectivity index (χ2v) is 5.00. The third kappa shape index (κ3) is 3.69. The van der Waals surface area contributed by atoms with Crippen LogP contribution in [0.5, 0.6) is 5.75 Å². The number of H-pyrrole nitrogens is 1. The fraction of sp³-hybridized carbons (Fsp3) is 0.231. The summed E-state index contributed by atoms with van der Waals surface area (Å²) in [7, 11) is 1.65. The molecular weight excluding hydrogens is 357 g/mol. The number of methoxy groups -OCH3 is 1. The summed E-state index contributed by atoms with van der Waals surface area (Å²) >= 11 is 1.98. The maximum atomic E-state index is 11.4. The molecule has 0 radical (unpaired) electrons. The molecule has 0 atom stereocenters. The molecule has 0 saturated carbocycles. The van der Waals surface area contributed by atoms with E-state index in [9.17, 15) is 4.79 Å². The number of nitrogens with zero attached hydrogens (tertiary/aromatic N) is 1. The summed E-state index contributed by atoms with van der Waals surface area (Å²) in [6.07, 6.45) is 2.26. The molecule has 1 aromatic carbocycles. The van der Waals surface area contributed by atoms with E-state index in [4.69, 9.17) is 4.74 Å². The summed E-state index contributed by atoms with van der Waals surface area (Å²) in [4.78, 5) is 18.0. The zero-order valence-electron chi connectivity index (χ0n) is 10.4. The van der Waals surface area contributed by atoms with Crippen molar-refractivity contribution in [3.8, 4) is 5.75 Å². The van der Waals surface area contributed by atoms with E-state index in [0.29, 0.717) is 9.39 Å². The summed E-state index contributed by atoms with van der Waals surface area (Å²) in [5, 5.41) is 3.16. The van der Waals surface area contributed by atoms with Crippen LogP contribution in [0.25, 0.3) is 0 Å². The molecule has 6 heteroatoms. The molecule has 19 heavy (non-hydrogen) atoms. The standard InChI is InChI=1S/C13H14IN3O2/c1-19-10-4-2-9(3-5-10)6-7-15-12-11(14)13(18)17-8-16-12/h2-5,8H,6-7H2,1H3,(H2,15,16,17,18). The van der Waals surface area contributed by atoms with Crippen molar-refractivity contribution in [3.05, 3.63) is 50.1 Å². The van der Waals surface area contributed by atoms with Crippen molar-refractivity contribution in [2.75, 3.05) is 19.0 Å². The van der Waals surface area contributed by atoms with E-state index in [2.05, 4.69) is 15.3 Å². The Kier molecular flexibility index (Phi) is 4.78. The lowest BCUT2D eigenvalue weighted by Gasteiger charge is -2.07. The largest absolute Gasteiger partial charge is 0.497 e. The molecule has 5 nitrogen and oxygen atoms in total. The Morgan fingerprint density at radius 2 is 2.11 bits per heavy atom. The van der Waals surface area contributed by atoms with E-state index >= 15 is 0 Å². The summed E-state index contributed by atoms with van der Waals surface area (Å²) in [6.45, 7) is 0.721. The number of ether oxygens (including phenoxy) is 1. The number of rotatable bonds is 5. The van der Waals surface area contributed by atoms with E-state index in [1.54, 1.807) is 7.11 Å². The minimum Gasteiger partial charge on any atom is -0.497 e. The fourth-order valence-corrected chi connectivity index (χ4v) is 2.11. The molecule has 0 aliphatic heterocycles. The number of hydrogen-bond donors (Lipinski definition) is 2. The molecule has 2 N–H and O–H groups in total. The molecule has 0 bridgehead atoms. The van der Waals surface area contributed by atoms with Gasteiger partial charge >= 0.3 is 0 Å². The van der Waals surface area contributed by atoms with Gasteiger partial charge < -0.3 is 15.0 Å². The maximum absolute atomic E-state index is 11.4. The van der Waals surface area contributed by atoms with Crippen molar-refractivity contribution in [2.24, 2.45) is 0 Å². The molecule has 0 unspecified atom stereocenters. The number of hydrogen-bond acceptors (Lipinski definition) is 4. The van der Waals surface area contributed by atoms with Crippen LogP contribution in [-0.2, 0) is 6.42 Å². The SMILES string of the molecule is COc1ccc(CCNc2nc[nH]c(=O)c2I)cc1. The van der Waals surface area contributed by atoms with E-state index in [0.717, 1.165) is 18.7 Å². The number of aromatic nitrogens is 2. The van der Waals surface area contributed by atoms with E-state index in [1.165, 1.54) is 11.9 Å². The van der Waals surface area contributed by atoms with Gasteiger partial charge in [0, 0.05) is 6.54 Å². The van der Waals surface area contributed by atoms with Gasteiger partial charge in [-0.1, -0.05) is 12.1 Å². The fourth-order valence-electron chi connectivity index (χ4n) is 1.62. The van der Waals surface area contributed by atoms with Crippen molar-refractivity contribution in [3.63, 3.8) is 0 Å². The highest BCUT2D eigenvalue weighted by Crippen LogP contribution is 2.12. The molecule has 0 spiro atoms. The number of nitrogens with one attached hydrogen (secondary N) is 2. The molecule has 0 fully saturated rings. The van der Waals surface area contributed by atoms with Crippen LogP contribution in [-0.4, -0.2) is 23.6 Å². The highest BCUT2D eigenvalue weighted by atomic mass is 127. The maximum Gasteiger partial charge on any atom is 0.266 e. The van der Waals surface area contributed by atoms with Crippen molar-refractivity contribution >= 4 is 28.4 Å². The second-order valence-electron chi connectivity index (χ2n) is 3.92. The number of benzene rings is 1. The minimum absolute atomic E-state index is 0.123. The molecule has 1 aromatic heterocycles. The van der Waals surface area contributed by atoms with Gasteiger partial charge in [-0.05, 0) is 46.7 Å². The first-order valence-electron chi connectivity index (χ1n) is 5.80. The van der Waals surface area contributed by atoms with E-state index < -0.39 is 0 Å². The zero-order chi connectivity index (χ0) is 13.7. The molecule has 0 aliphatic rings. The first-order chi connectivity index (χ1) is 9.20. The highest BCUT2D eigenvalue weighted by molar-refractivity contribution is 14.1. The molecule has 1 heterocycles. The Morgan fingerprint density at radius 1 is 1.37 bits per heavy atom. The Bertz CT molecular complexity index is 596. The summed E-state index contributed by atoms with van der Waals surface area (Å²) in [5.74, 6) is 1.47. The topological polar surface area (TPSA) is 67.0 Å². The van der Waals surface area contributed by atoms with Crippen LogP contribution in [0.15, 0.2) is 35.4 Å². The van der Waals surface area contributed by atoms with Gasteiger partial charge in [-0.2, -0.15) is 0 Å². The molecule has 2 aromatic rings. The lowest BCUT2D eigenvalue weighted by atomic mass is 10.1.